The van der Waals surface area contributed by atoms with Crippen LogP contribution in [0.3, 0.4) is 0 Å². The van der Waals surface area contributed by atoms with Crippen LogP contribution in [-0.2, 0) is 19.9 Å². The minimum absolute atomic E-state index is 0.0707. The van der Waals surface area contributed by atoms with E-state index in [2.05, 4.69) is 10.4 Å². The summed E-state index contributed by atoms with van der Waals surface area (Å²) in [7, 11) is -7.20. The van der Waals surface area contributed by atoms with Crippen molar-refractivity contribution in [1.82, 2.24) is 9.78 Å². The molecule has 1 aromatic heterocycles. The summed E-state index contributed by atoms with van der Waals surface area (Å²) in [6, 6.07) is 22.6. The number of sulfonamides is 1. The van der Waals surface area contributed by atoms with Crippen molar-refractivity contribution in [1.29, 1.82) is 0 Å². The molecule has 0 aliphatic rings. The second-order valence-electron chi connectivity index (χ2n) is 7.48. The predicted octanol–water partition coefficient (Wildman–Crippen LogP) is 2.84. The van der Waals surface area contributed by atoms with Crippen LogP contribution in [0.4, 0.5) is 5.69 Å². The number of carbonyl (C=O) groups excluding carboxylic acids is 1. The number of hydrogen-bond donors (Lipinski definition) is 2. The fraction of sp³-hybridized carbons (Fsp3) is 0.0435. The van der Waals surface area contributed by atoms with E-state index in [4.69, 9.17) is 5.14 Å². The molecule has 0 fully saturated rings. The van der Waals surface area contributed by atoms with Crippen LogP contribution in [0.1, 0.15) is 10.5 Å². The number of nitrogens with zero attached hydrogens (tertiary/aromatic N) is 2. The summed E-state index contributed by atoms with van der Waals surface area (Å²) in [6.07, 6.45) is 1.13. The topological polar surface area (TPSA) is 141 Å². The number of anilines is 1. The fourth-order valence-electron chi connectivity index (χ4n) is 3.26. The molecule has 3 aromatic carbocycles. The molecule has 0 saturated heterocycles. The Bertz CT molecular complexity index is 1560. The lowest BCUT2D eigenvalue weighted by atomic mass is 10.1. The molecule has 4 aromatic rings. The monoisotopic (exact) mass is 496 g/mol. The van der Waals surface area contributed by atoms with Crippen molar-refractivity contribution in [2.75, 3.05) is 11.6 Å². The van der Waals surface area contributed by atoms with E-state index >= 15 is 0 Å². The highest BCUT2D eigenvalue weighted by molar-refractivity contribution is 7.90. The van der Waals surface area contributed by atoms with E-state index in [0.29, 0.717) is 17.1 Å². The van der Waals surface area contributed by atoms with Gasteiger partial charge < -0.3 is 5.32 Å². The van der Waals surface area contributed by atoms with Gasteiger partial charge in [0.1, 0.15) is 0 Å². The first kappa shape index (κ1) is 23.4. The van der Waals surface area contributed by atoms with Crippen molar-refractivity contribution in [3.8, 4) is 16.9 Å². The van der Waals surface area contributed by atoms with Gasteiger partial charge in [0.15, 0.2) is 15.5 Å². The molecule has 1 heterocycles. The van der Waals surface area contributed by atoms with E-state index < -0.39 is 25.8 Å². The van der Waals surface area contributed by atoms with Gasteiger partial charge in [0.05, 0.1) is 21.2 Å². The maximum atomic E-state index is 12.9. The van der Waals surface area contributed by atoms with Gasteiger partial charge in [-0.05, 0) is 54.6 Å². The van der Waals surface area contributed by atoms with Gasteiger partial charge in [0.2, 0.25) is 10.0 Å². The Morgan fingerprint density at radius 1 is 0.853 bits per heavy atom. The second kappa shape index (κ2) is 8.86. The molecule has 3 N–H and O–H groups in total. The standard InChI is InChI=1S/C23H20N4O5S2/c1-33(29,30)19-13-9-18(10-14-19)27-22(16-5-3-2-4-6-16)15-21(26-27)23(28)25-17-7-11-20(12-8-17)34(24,31)32/h2-15H,1H3,(H,25,28)(H2,24,31,32). The van der Waals surface area contributed by atoms with Gasteiger partial charge >= 0.3 is 0 Å². The van der Waals surface area contributed by atoms with Gasteiger partial charge in [-0.1, -0.05) is 30.3 Å². The van der Waals surface area contributed by atoms with Crippen LogP contribution in [-0.4, -0.2) is 38.8 Å². The molecule has 0 radical (unpaired) electrons. The first-order valence-corrected chi connectivity index (χ1v) is 13.4. The Labute approximate surface area is 196 Å². The number of primary sulfonamides is 1. The van der Waals surface area contributed by atoms with Crippen molar-refractivity contribution in [2.24, 2.45) is 5.14 Å². The summed E-state index contributed by atoms with van der Waals surface area (Å²) in [5, 5.41) is 12.2. The lowest BCUT2D eigenvalue weighted by molar-refractivity contribution is 0.102. The van der Waals surface area contributed by atoms with Gasteiger partial charge in [-0.25, -0.2) is 26.7 Å². The first-order chi connectivity index (χ1) is 16.0. The summed E-state index contributed by atoms with van der Waals surface area (Å²) in [5.41, 5.74) is 2.48. The van der Waals surface area contributed by atoms with Crippen molar-refractivity contribution in [3.63, 3.8) is 0 Å². The van der Waals surface area contributed by atoms with Crippen LogP contribution < -0.4 is 10.5 Å². The number of nitrogens with one attached hydrogen (secondary N) is 1. The molecule has 0 spiro atoms. The molecule has 1 amide bonds. The van der Waals surface area contributed by atoms with E-state index in [1.54, 1.807) is 22.9 Å². The third-order valence-corrected chi connectivity index (χ3v) is 7.02. The summed E-state index contributed by atoms with van der Waals surface area (Å²) in [5.74, 6) is -0.507. The third kappa shape index (κ3) is 5.06. The number of sulfone groups is 1. The molecule has 0 unspecified atom stereocenters. The number of carbonyl (C=O) groups is 1. The molecule has 0 saturated carbocycles. The molecule has 34 heavy (non-hydrogen) atoms. The minimum atomic E-state index is -3.84. The zero-order valence-electron chi connectivity index (χ0n) is 17.9. The SMILES string of the molecule is CS(=O)(=O)c1ccc(-n2nc(C(=O)Nc3ccc(S(N)(=O)=O)cc3)cc2-c2ccccc2)cc1. The van der Waals surface area contributed by atoms with E-state index in [1.807, 2.05) is 30.3 Å². The molecule has 9 nitrogen and oxygen atoms in total. The molecule has 4 rings (SSSR count). The zero-order chi connectivity index (χ0) is 24.5. The third-order valence-electron chi connectivity index (χ3n) is 4.96. The number of aromatic nitrogens is 2. The highest BCUT2D eigenvalue weighted by Gasteiger charge is 2.18. The quantitative estimate of drug-likeness (QED) is 0.420. The number of amides is 1. The second-order valence-corrected chi connectivity index (χ2v) is 11.1. The van der Waals surface area contributed by atoms with Crippen molar-refractivity contribution < 1.29 is 21.6 Å². The van der Waals surface area contributed by atoms with E-state index in [0.717, 1.165) is 11.8 Å². The fourth-order valence-corrected chi connectivity index (χ4v) is 4.41. The summed E-state index contributed by atoms with van der Waals surface area (Å²) in [4.78, 5) is 13.0. The molecule has 174 valence electrons. The average molecular weight is 497 g/mol. The maximum absolute atomic E-state index is 12.9. The van der Waals surface area contributed by atoms with Crippen molar-refractivity contribution in [2.45, 2.75) is 9.79 Å². The van der Waals surface area contributed by atoms with Crippen molar-refractivity contribution in [3.05, 3.63) is 90.6 Å². The Hall–Kier alpha value is -3.80. The molecular formula is C23H20N4O5S2. The van der Waals surface area contributed by atoms with Crippen LogP contribution in [0.2, 0.25) is 0 Å². The van der Waals surface area contributed by atoms with Gasteiger partial charge in [-0.3, -0.25) is 4.79 Å². The van der Waals surface area contributed by atoms with Crippen LogP contribution in [0.25, 0.3) is 16.9 Å². The molecule has 0 aliphatic heterocycles. The average Bonchev–Trinajstić information content (AvgIpc) is 3.25. The molecule has 0 aliphatic carbocycles. The first-order valence-electron chi connectivity index (χ1n) is 9.92. The maximum Gasteiger partial charge on any atom is 0.276 e. The minimum Gasteiger partial charge on any atom is -0.321 e. The lowest BCUT2D eigenvalue weighted by Crippen LogP contribution is -2.14. The highest BCUT2D eigenvalue weighted by Crippen LogP contribution is 2.25. The highest BCUT2D eigenvalue weighted by atomic mass is 32.2. The van der Waals surface area contributed by atoms with E-state index in [-0.39, 0.29) is 15.5 Å². The smallest absolute Gasteiger partial charge is 0.276 e. The molecule has 0 atom stereocenters. The molecule has 0 bridgehead atoms. The normalized spacial score (nSPS) is 11.8. The molecule has 11 heteroatoms. The largest absolute Gasteiger partial charge is 0.321 e. The molecular weight excluding hydrogens is 476 g/mol. The van der Waals surface area contributed by atoms with E-state index in [1.165, 1.54) is 36.4 Å². The van der Waals surface area contributed by atoms with Gasteiger partial charge in [-0.15, -0.1) is 0 Å². The summed E-state index contributed by atoms with van der Waals surface area (Å²) in [6.45, 7) is 0. The number of rotatable bonds is 6. The van der Waals surface area contributed by atoms with Crippen LogP contribution in [0.15, 0.2) is 94.7 Å². The predicted molar refractivity (Wildman–Crippen MR) is 128 cm³/mol. The van der Waals surface area contributed by atoms with Gasteiger partial charge in [0, 0.05) is 17.5 Å². The number of hydrogen-bond acceptors (Lipinski definition) is 6. The Kier molecular flexibility index (Phi) is 6.09. The Balaban J connectivity index is 1.70. The zero-order valence-corrected chi connectivity index (χ0v) is 19.5. The Morgan fingerprint density at radius 2 is 1.44 bits per heavy atom. The summed E-state index contributed by atoms with van der Waals surface area (Å²) < 4.78 is 48.0. The number of benzene rings is 3. The van der Waals surface area contributed by atoms with Crippen molar-refractivity contribution >= 4 is 31.5 Å². The lowest BCUT2D eigenvalue weighted by Gasteiger charge is -2.08. The van der Waals surface area contributed by atoms with E-state index in [9.17, 15) is 21.6 Å². The number of nitrogens with two attached hydrogens (primary N) is 1. The van der Waals surface area contributed by atoms with Gasteiger partial charge in [-0.2, -0.15) is 5.10 Å². The Morgan fingerprint density at radius 3 is 2.00 bits per heavy atom. The van der Waals surface area contributed by atoms with Crippen LogP contribution in [0.5, 0.6) is 0 Å². The van der Waals surface area contributed by atoms with Gasteiger partial charge in [0.25, 0.3) is 5.91 Å². The van der Waals surface area contributed by atoms with Crippen LogP contribution >= 0.6 is 0 Å². The van der Waals surface area contributed by atoms with Crippen LogP contribution in [0, 0.1) is 0 Å². The summed E-state index contributed by atoms with van der Waals surface area (Å²) >= 11 is 0.